The van der Waals surface area contributed by atoms with Crippen LogP contribution in [-0.2, 0) is 14.3 Å². The number of nitro benzene ring substituents is 1. The highest BCUT2D eigenvalue weighted by Crippen LogP contribution is 2.24. The number of nitro groups is 1. The smallest absolute Gasteiger partial charge is 0.307 e. The Morgan fingerprint density at radius 2 is 2.05 bits per heavy atom. The Labute approximate surface area is 123 Å². The van der Waals surface area contributed by atoms with E-state index in [4.69, 9.17) is 4.74 Å². The first-order valence-electron chi connectivity index (χ1n) is 6.55. The van der Waals surface area contributed by atoms with Crippen molar-refractivity contribution in [2.24, 2.45) is 0 Å². The van der Waals surface area contributed by atoms with Gasteiger partial charge in [-0.15, -0.1) is 0 Å². The van der Waals surface area contributed by atoms with Crippen LogP contribution in [0.25, 0.3) is 0 Å². The number of hydrogen-bond acceptors (Lipinski definition) is 6. The van der Waals surface area contributed by atoms with Gasteiger partial charge < -0.3 is 14.4 Å². The minimum absolute atomic E-state index is 0.0819. The van der Waals surface area contributed by atoms with Crippen molar-refractivity contribution in [2.75, 3.05) is 38.8 Å². The van der Waals surface area contributed by atoms with Crippen molar-refractivity contribution in [3.8, 4) is 0 Å². The van der Waals surface area contributed by atoms with Gasteiger partial charge in [0.1, 0.15) is 0 Å². The zero-order chi connectivity index (χ0) is 15.8. The molecular weight excluding hydrogens is 276 g/mol. The summed E-state index contributed by atoms with van der Waals surface area (Å²) in [6.07, 6.45) is 0.246. The topological polar surface area (TPSA) is 81.9 Å². The van der Waals surface area contributed by atoms with E-state index < -0.39 is 4.92 Å². The number of carbonyl (C=O) groups is 1. The summed E-state index contributed by atoms with van der Waals surface area (Å²) < 4.78 is 9.68. The van der Waals surface area contributed by atoms with Gasteiger partial charge in [0, 0.05) is 37.5 Å². The van der Waals surface area contributed by atoms with Gasteiger partial charge in [-0.3, -0.25) is 14.9 Å². The van der Waals surface area contributed by atoms with Crippen molar-refractivity contribution in [2.45, 2.75) is 13.3 Å². The van der Waals surface area contributed by atoms with Crippen molar-refractivity contribution >= 4 is 17.3 Å². The minimum atomic E-state index is -0.410. The maximum atomic E-state index is 11.3. The van der Waals surface area contributed by atoms with Gasteiger partial charge in [0.25, 0.3) is 5.69 Å². The van der Waals surface area contributed by atoms with Gasteiger partial charge in [-0.1, -0.05) is 0 Å². The highest BCUT2D eigenvalue weighted by Gasteiger charge is 2.14. The SMILES string of the molecule is COCCN(CCC(=O)OC)c1ccc([N+](=O)[O-])c(C)c1. The molecular formula is C14H20N2O5. The first-order valence-corrected chi connectivity index (χ1v) is 6.55. The maximum absolute atomic E-state index is 11.3. The van der Waals surface area contributed by atoms with E-state index in [0.717, 1.165) is 5.69 Å². The molecule has 1 aromatic carbocycles. The Bertz CT molecular complexity index is 504. The summed E-state index contributed by atoms with van der Waals surface area (Å²) >= 11 is 0. The largest absolute Gasteiger partial charge is 0.469 e. The molecule has 0 aliphatic heterocycles. The Kier molecular flexibility index (Phi) is 6.61. The molecule has 0 aliphatic rings. The molecule has 0 aromatic heterocycles. The Morgan fingerprint density at radius 3 is 2.57 bits per heavy atom. The van der Waals surface area contributed by atoms with Gasteiger partial charge in [-0.25, -0.2) is 0 Å². The van der Waals surface area contributed by atoms with Gasteiger partial charge in [0.05, 0.1) is 25.1 Å². The molecule has 0 saturated heterocycles. The highest BCUT2D eigenvalue weighted by atomic mass is 16.6. The number of hydrogen-bond donors (Lipinski definition) is 0. The third-order valence-corrected chi connectivity index (χ3v) is 3.12. The van der Waals surface area contributed by atoms with Gasteiger partial charge >= 0.3 is 5.97 Å². The number of methoxy groups -OCH3 is 2. The summed E-state index contributed by atoms with van der Waals surface area (Å²) in [6, 6.07) is 4.89. The van der Waals surface area contributed by atoms with E-state index in [9.17, 15) is 14.9 Å². The summed E-state index contributed by atoms with van der Waals surface area (Å²) in [7, 11) is 2.94. The number of carbonyl (C=O) groups excluding carboxylic acids is 1. The number of aryl methyl sites for hydroxylation is 1. The molecule has 0 unspecified atom stereocenters. The summed E-state index contributed by atoms with van der Waals surface area (Å²) in [5, 5.41) is 10.8. The molecule has 7 heteroatoms. The van der Waals surface area contributed by atoms with Crippen molar-refractivity contribution < 1.29 is 19.2 Å². The van der Waals surface area contributed by atoms with Crippen LogP contribution in [0.15, 0.2) is 18.2 Å². The molecule has 1 rings (SSSR count). The predicted molar refractivity (Wildman–Crippen MR) is 78.6 cm³/mol. The summed E-state index contributed by atoms with van der Waals surface area (Å²) in [5.41, 5.74) is 1.48. The normalized spacial score (nSPS) is 10.2. The molecule has 0 heterocycles. The van der Waals surface area contributed by atoms with Crippen LogP contribution in [0.3, 0.4) is 0 Å². The molecule has 0 fully saturated rings. The second-order valence-corrected chi connectivity index (χ2v) is 4.53. The summed E-state index contributed by atoms with van der Waals surface area (Å²) in [5.74, 6) is -0.295. The fourth-order valence-electron chi connectivity index (χ4n) is 1.94. The molecule has 1 aromatic rings. The second kappa shape index (κ2) is 8.21. The van der Waals surface area contributed by atoms with Gasteiger partial charge in [0.2, 0.25) is 0 Å². The third kappa shape index (κ3) is 5.03. The average molecular weight is 296 g/mol. The molecule has 0 aliphatic carbocycles. The van der Waals surface area contributed by atoms with Crippen molar-refractivity contribution in [3.05, 3.63) is 33.9 Å². The van der Waals surface area contributed by atoms with E-state index in [0.29, 0.717) is 25.3 Å². The van der Waals surface area contributed by atoms with Crippen LogP contribution in [0.4, 0.5) is 11.4 Å². The third-order valence-electron chi connectivity index (χ3n) is 3.12. The highest BCUT2D eigenvalue weighted by molar-refractivity contribution is 5.70. The van der Waals surface area contributed by atoms with Crippen molar-refractivity contribution in [3.63, 3.8) is 0 Å². The number of rotatable bonds is 8. The lowest BCUT2D eigenvalue weighted by Gasteiger charge is -2.24. The zero-order valence-electron chi connectivity index (χ0n) is 12.5. The molecule has 0 N–H and O–H groups in total. The first kappa shape index (κ1) is 16.9. The summed E-state index contributed by atoms with van der Waals surface area (Å²) in [4.78, 5) is 23.6. The molecule has 0 radical (unpaired) electrons. The van der Waals surface area contributed by atoms with Crippen LogP contribution in [0, 0.1) is 17.0 Å². The zero-order valence-corrected chi connectivity index (χ0v) is 12.5. The van der Waals surface area contributed by atoms with E-state index in [2.05, 4.69) is 4.74 Å². The number of ether oxygens (including phenoxy) is 2. The molecule has 21 heavy (non-hydrogen) atoms. The molecule has 0 spiro atoms. The minimum Gasteiger partial charge on any atom is -0.469 e. The van der Waals surface area contributed by atoms with Crippen LogP contribution in [0.2, 0.25) is 0 Å². The standard InChI is InChI=1S/C14H20N2O5/c1-11-10-12(4-5-13(11)16(18)19)15(8-9-20-2)7-6-14(17)21-3/h4-5,10H,6-9H2,1-3H3. The van der Waals surface area contributed by atoms with E-state index in [1.54, 1.807) is 26.2 Å². The van der Waals surface area contributed by atoms with Crippen LogP contribution in [0.5, 0.6) is 0 Å². The van der Waals surface area contributed by atoms with Gasteiger partial charge in [0.15, 0.2) is 0 Å². The fourth-order valence-corrected chi connectivity index (χ4v) is 1.94. The van der Waals surface area contributed by atoms with Crippen molar-refractivity contribution in [1.82, 2.24) is 0 Å². The second-order valence-electron chi connectivity index (χ2n) is 4.53. The average Bonchev–Trinajstić information content (AvgIpc) is 2.46. The maximum Gasteiger partial charge on any atom is 0.307 e. The van der Waals surface area contributed by atoms with E-state index >= 15 is 0 Å². The lowest BCUT2D eigenvalue weighted by atomic mass is 10.1. The molecule has 7 nitrogen and oxygen atoms in total. The number of benzene rings is 1. The lowest BCUT2D eigenvalue weighted by Crippen LogP contribution is -2.30. The number of nitrogens with zero attached hydrogens (tertiary/aromatic N) is 2. The molecule has 0 amide bonds. The monoisotopic (exact) mass is 296 g/mol. The number of anilines is 1. The first-order chi connectivity index (χ1) is 9.99. The van der Waals surface area contributed by atoms with Crippen LogP contribution < -0.4 is 4.90 Å². The van der Waals surface area contributed by atoms with E-state index in [1.807, 2.05) is 4.90 Å². The quantitative estimate of drug-likeness (QED) is 0.414. The summed E-state index contributed by atoms with van der Waals surface area (Å²) in [6.45, 7) is 3.24. The predicted octanol–water partition coefficient (Wildman–Crippen LogP) is 1.92. The van der Waals surface area contributed by atoms with Crippen LogP contribution >= 0.6 is 0 Å². The Morgan fingerprint density at radius 1 is 1.33 bits per heavy atom. The van der Waals surface area contributed by atoms with E-state index in [-0.39, 0.29) is 18.1 Å². The van der Waals surface area contributed by atoms with Crippen LogP contribution in [0.1, 0.15) is 12.0 Å². The molecule has 0 atom stereocenters. The van der Waals surface area contributed by atoms with Crippen LogP contribution in [-0.4, -0.2) is 44.8 Å². The Hall–Kier alpha value is -2.15. The molecule has 116 valence electrons. The van der Waals surface area contributed by atoms with E-state index in [1.165, 1.54) is 13.2 Å². The molecule has 0 saturated carbocycles. The van der Waals surface area contributed by atoms with Gasteiger partial charge in [-0.05, 0) is 19.1 Å². The number of esters is 1. The lowest BCUT2D eigenvalue weighted by molar-refractivity contribution is -0.385. The molecule has 0 bridgehead atoms. The Balaban J connectivity index is 2.88. The van der Waals surface area contributed by atoms with Gasteiger partial charge in [-0.2, -0.15) is 0 Å². The fraction of sp³-hybridized carbons (Fsp3) is 0.500. The van der Waals surface area contributed by atoms with Crippen molar-refractivity contribution in [1.29, 1.82) is 0 Å².